The molecule has 1 aliphatic heterocycles. The van der Waals surface area contributed by atoms with Gasteiger partial charge in [-0.05, 0) is 83.3 Å². The molecule has 39 heavy (non-hydrogen) atoms. The summed E-state index contributed by atoms with van der Waals surface area (Å²) in [5.41, 5.74) is 0.588. The van der Waals surface area contributed by atoms with Crippen LogP contribution in [0.25, 0.3) is 0 Å². The van der Waals surface area contributed by atoms with Crippen molar-refractivity contribution < 1.29 is 18.9 Å². The molecule has 5 heteroatoms. The van der Waals surface area contributed by atoms with Crippen molar-refractivity contribution in [2.24, 2.45) is 23.7 Å². The Labute approximate surface area is 233 Å². The van der Waals surface area contributed by atoms with Gasteiger partial charge in [-0.25, -0.2) is 4.89 Å². The molecule has 204 valence electrons. The van der Waals surface area contributed by atoms with Gasteiger partial charge in [0.15, 0.2) is 5.60 Å². The molecule has 5 fully saturated rings. The lowest BCUT2D eigenvalue weighted by molar-refractivity contribution is -0.645. The summed E-state index contributed by atoms with van der Waals surface area (Å²) in [6.45, 7) is 6.93. The zero-order valence-corrected chi connectivity index (χ0v) is 24.6. The summed E-state index contributed by atoms with van der Waals surface area (Å²) in [6.07, 6.45) is 6.28. The van der Waals surface area contributed by atoms with Gasteiger partial charge in [0, 0.05) is 12.7 Å². The highest BCUT2D eigenvalue weighted by atomic mass is 28.4. The van der Waals surface area contributed by atoms with Gasteiger partial charge in [-0.2, -0.15) is 4.89 Å². The van der Waals surface area contributed by atoms with E-state index in [-0.39, 0.29) is 5.04 Å². The van der Waals surface area contributed by atoms with Crippen molar-refractivity contribution in [3.8, 4) is 5.75 Å². The van der Waals surface area contributed by atoms with Crippen molar-refractivity contribution in [2.75, 3.05) is 7.11 Å². The number of hydrogen-bond acceptors (Lipinski definition) is 4. The number of benzene rings is 3. The summed E-state index contributed by atoms with van der Waals surface area (Å²) in [5, 5.41) is 2.40. The standard InChI is InChI=1S/C34H40O4Si/c1-32(2,3)39(30-14-7-5-8-15-30,31-16-9-6-10-17-31)36-29-13-11-12-26(23-29)34(35-4)33(37-38-34)27-19-24-18-25(21-27)22-28(33)20-24/h5-17,23-25,27-28H,18-22H2,1-4H3. The van der Waals surface area contributed by atoms with Crippen molar-refractivity contribution in [1.82, 2.24) is 0 Å². The van der Waals surface area contributed by atoms with Crippen molar-refractivity contribution in [3.05, 3.63) is 90.5 Å². The molecule has 1 heterocycles. The van der Waals surface area contributed by atoms with Gasteiger partial charge in [-0.3, -0.25) is 0 Å². The molecule has 4 bridgehead atoms. The van der Waals surface area contributed by atoms with Crippen LogP contribution in [-0.2, 0) is 20.3 Å². The van der Waals surface area contributed by atoms with Crippen molar-refractivity contribution in [2.45, 2.75) is 69.3 Å². The molecule has 5 aliphatic rings. The highest BCUT2D eigenvalue weighted by molar-refractivity contribution is 7.00. The molecule has 0 aromatic heterocycles. The molecule has 4 saturated carbocycles. The fourth-order valence-corrected chi connectivity index (χ4v) is 13.4. The van der Waals surface area contributed by atoms with Crippen LogP contribution in [0.4, 0.5) is 0 Å². The van der Waals surface area contributed by atoms with Crippen molar-refractivity contribution in [1.29, 1.82) is 0 Å². The molecule has 3 aromatic rings. The average molecular weight is 541 g/mol. The van der Waals surface area contributed by atoms with E-state index in [2.05, 4.69) is 106 Å². The molecule has 1 atom stereocenters. The van der Waals surface area contributed by atoms with Crippen LogP contribution < -0.4 is 14.8 Å². The molecule has 1 spiro atoms. The third kappa shape index (κ3) is 3.53. The molecule has 1 unspecified atom stereocenters. The zero-order valence-electron chi connectivity index (χ0n) is 23.6. The van der Waals surface area contributed by atoms with E-state index in [0.717, 1.165) is 23.1 Å². The minimum absolute atomic E-state index is 0.122. The Morgan fingerprint density at radius 3 is 1.74 bits per heavy atom. The van der Waals surface area contributed by atoms with Crippen LogP contribution in [0.15, 0.2) is 84.9 Å². The highest BCUT2D eigenvalue weighted by Gasteiger charge is 2.76. The fourth-order valence-electron chi connectivity index (χ4n) is 8.95. The molecule has 0 N–H and O–H groups in total. The van der Waals surface area contributed by atoms with Gasteiger partial charge >= 0.3 is 8.32 Å². The number of rotatable bonds is 6. The molecule has 3 aromatic carbocycles. The van der Waals surface area contributed by atoms with Crippen LogP contribution in [0.5, 0.6) is 5.75 Å². The van der Waals surface area contributed by atoms with Crippen molar-refractivity contribution >= 4 is 18.7 Å². The average Bonchev–Trinajstić information content (AvgIpc) is 2.92. The lowest BCUT2D eigenvalue weighted by atomic mass is 9.47. The fraction of sp³-hybridized carbons (Fsp3) is 0.471. The first-order valence-corrected chi connectivity index (χ1v) is 16.6. The molecule has 0 radical (unpaired) electrons. The Bertz CT molecular complexity index is 1260. The van der Waals surface area contributed by atoms with E-state index in [9.17, 15) is 0 Å². The first kappa shape index (κ1) is 25.5. The minimum Gasteiger partial charge on any atom is -0.534 e. The summed E-state index contributed by atoms with van der Waals surface area (Å²) in [4.78, 5) is 12.3. The zero-order chi connectivity index (χ0) is 26.9. The quantitative estimate of drug-likeness (QED) is 0.261. The van der Waals surface area contributed by atoms with Gasteiger partial charge in [0.25, 0.3) is 5.79 Å². The van der Waals surface area contributed by atoms with E-state index >= 15 is 0 Å². The topological polar surface area (TPSA) is 36.9 Å². The van der Waals surface area contributed by atoms with E-state index in [1.165, 1.54) is 42.5 Å². The largest absolute Gasteiger partial charge is 0.534 e. The van der Waals surface area contributed by atoms with Crippen molar-refractivity contribution in [3.63, 3.8) is 0 Å². The Balaban J connectivity index is 1.32. The van der Waals surface area contributed by atoms with Crippen LogP contribution >= 0.6 is 0 Å². The molecule has 4 nitrogen and oxygen atoms in total. The molecule has 1 saturated heterocycles. The van der Waals surface area contributed by atoms with Gasteiger partial charge < -0.3 is 9.16 Å². The summed E-state index contributed by atoms with van der Waals surface area (Å²) < 4.78 is 13.7. The summed E-state index contributed by atoms with van der Waals surface area (Å²) >= 11 is 0. The van der Waals surface area contributed by atoms with E-state index in [1.54, 1.807) is 7.11 Å². The molecule has 8 rings (SSSR count). The number of methoxy groups -OCH3 is 1. The third-order valence-corrected chi connectivity index (χ3v) is 15.3. The van der Waals surface area contributed by atoms with Crippen LogP contribution in [-0.4, -0.2) is 21.0 Å². The maximum Gasteiger partial charge on any atom is 0.319 e. The van der Waals surface area contributed by atoms with E-state index in [4.69, 9.17) is 18.9 Å². The molecular weight excluding hydrogens is 500 g/mol. The van der Waals surface area contributed by atoms with E-state index in [0.29, 0.717) is 11.8 Å². The first-order chi connectivity index (χ1) is 18.8. The summed E-state index contributed by atoms with van der Waals surface area (Å²) in [6, 6.07) is 30.1. The van der Waals surface area contributed by atoms with Crippen LogP contribution in [0.2, 0.25) is 5.04 Å². The monoisotopic (exact) mass is 540 g/mol. The maximum atomic E-state index is 7.37. The van der Waals surface area contributed by atoms with Gasteiger partial charge in [0.2, 0.25) is 0 Å². The van der Waals surface area contributed by atoms with Crippen LogP contribution in [0.1, 0.15) is 58.4 Å². The smallest absolute Gasteiger partial charge is 0.319 e. The Morgan fingerprint density at radius 2 is 1.28 bits per heavy atom. The molecule has 0 amide bonds. The second-order valence-electron chi connectivity index (χ2n) is 13.4. The Kier molecular flexibility index (Phi) is 5.91. The summed E-state index contributed by atoms with van der Waals surface area (Å²) in [7, 11) is -0.979. The summed E-state index contributed by atoms with van der Waals surface area (Å²) in [5.74, 6) is 2.57. The van der Waals surface area contributed by atoms with Crippen LogP contribution in [0.3, 0.4) is 0 Å². The van der Waals surface area contributed by atoms with Gasteiger partial charge in [0.1, 0.15) is 5.75 Å². The van der Waals surface area contributed by atoms with E-state index in [1.807, 2.05) is 0 Å². The SMILES string of the molecule is COC1(c2cccc(O[Si](c3ccccc3)(c3ccccc3)C(C)(C)C)c2)OOC12C1CC3CC(C1)CC2C3. The van der Waals surface area contributed by atoms with E-state index < -0.39 is 19.7 Å². The maximum absolute atomic E-state index is 7.37. The predicted octanol–water partition coefficient (Wildman–Crippen LogP) is 6.58. The Morgan fingerprint density at radius 1 is 0.718 bits per heavy atom. The predicted molar refractivity (Wildman–Crippen MR) is 155 cm³/mol. The van der Waals surface area contributed by atoms with Crippen LogP contribution in [0, 0.1) is 23.7 Å². The van der Waals surface area contributed by atoms with Gasteiger partial charge in [0.05, 0.1) is 0 Å². The normalized spacial score (nSPS) is 33.2. The lowest BCUT2D eigenvalue weighted by Crippen LogP contribution is -2.76. The van der Waals surface area contributed by atoms with Gasteiger partial charge in [-0.15, -0.1) is 0 Å². The highest BCUT2D eigenvalue weighted by Crippen LogP contribution is 2.69. The third-order valence-electron chi connectivity index (χ3n) is 10.4. The minimum atomic E-state index is -2.76. The second kappa shape index (κ2) is 9.03. The molecular formula is C34H40O4Si. The number of ether oxygens (including phenoxy) is 1. The Hall–Kier alpha value is -2.44. The molecule has 4 aliphatic carbocycles. The second-order valence-corrected chi connectivity index (χ2v) is 17.6. The number of hydrogen-bond donors (Lipinski definition) is 0. The lowest BCUT2D eigenvalue weighted by Gasteiger charge is -2.68. The van der Waals surface area contributed by atoms with Gasteiger partial charge in [-0.1, -0.05) is 93.6 Å². The first-order valence-electron chi connectivity index (χ1n) is 14.6.